The van der Waals surface area contributed by atoms with E-state index in [1.807, 2.05) is 55.4 Å². The Morgan fingerprint density at radius 2 is 0.636 bits per heavy atom. The molecule has 2 saturated heterocycles. The maximum Gasteiger partial charge on any atom is 3.00 e. The zero-order chi connectivity index (χ0) is 14.2. The van der Waals surface area contributed by atoms with Gasteiger partial charge in [-0.2, -0.15) is 0 Å². The molecule has 2 aliphatic heterocycles. The van der Waals surface area contributed by atoms with Gasteiger partial charge in [0, 0.05) is 0 Å². The van der Waals surface area contributed by atoms with E-state index in [0.29, 0.717) is 0 Å². The molecule has 132 valence electrons. The van der Waals surface area contributed by atoms with Gasteiger partial charge in [0.15, 0.2) is 0 Å². The van der Waals surface area contributed by atoms with Crippen LogP contribution < -0.4 is 0 Å². The fraction of sp³-hybridized carbons (Fsp3) is 0.857. The first-order chi connectivity index (χ1) is 7.91. The molecule has 0 aliphatic carbocycles. The normalized spacial score (nSPS) is 24.4. The quantitative estimate of drug-likeness (QED) is 0.381. The molecular formula is C14H32B2IrNO4. The second-order valence-corrected chi connectivity index (χ2v) is 6.71. The molecule has 0 aromatic heterocycles. The first-order valence-electron chi connectivity index (χ1n) is 6.26. The second-order valence-electron chi connectivity index (χ2n) is 6.71. The molecule has 0 amide bonds. The number of hydrogen-bond donors (Lipinski definition) is 0. The van der Waals surface area contributed by atoms with Crippen molar-refractivity contribution in [3.8, 4) is 0 Å². The molecule has 0 aromatic carbocycles. The van der Waals surface area contributed by atoms with Crippen molar-refractivity contribution < 1.29 is 38.7 Å². The van der Waals surface area contributed by atoms with Gasteiger partial charge in [-0.1, -0.05) is 0 Å². The topological polar surface area (TPSA) is 70.4 Å². The summed E-state index contributed by atoms with van der Waals surface area (Å²) in [5, 5.41) is 0. The summed E-state index contributed by atoms with van der Waals surface area (Å²) in [6, 6.07) is 0. The molecule has 0 spiro atoms. The van der Waals surface area contributed by atoms with E-state index in [9.17, 15) is 0 Å². The maximum absolute atomic E-state index is 5.21. The predicted molar refractivity (Wildman–Crippen MR) is 90.3 cm³/mol. The third-order valence-corrected chi connectivity index (χ3v) is 4.27. The standard InChI is InChI=1S/2C6H12BO2.2CH3.Ir.H2N/c2*1-5(2)6(3,4)9-7-8-5;;;;/h2*1-4H3;2*1H3;;1H2/q;;2*-1;+3;-1. The minimum atomic E-state index is -0.188. The number of rotatable bonds is 0. The van der Waals surface area contributed by atoms with Gasteiger partial charge in [0.1, 0.15) is 0 Å². The van der Waals surface area contributed by atoms with Gasteiger partial charge < -0.3 is 39.6 Å². The van der Waals surface area contributed by atoms with Gasteiger partial charge in [0.25, 0.3) is 0 Å². The molecule has 0 saturated carbocycles. The van der Waals surface area contributed by atoms with Crippen molar-refractivity contribution in [3.63, 3.8) is 0 Å². The van der Waals surface area contributed by atoms with E-state index in [4.69, 9.17) is 18.6 Å². The second kappa shape index (κ2) is 9.77. The van der Waals surface area contributed by atoms with Crippen LogP contribution in [0.25, 0.3) is 6.15 Å². The van der Waals surface area contributed by atoms with Gasteiger partial charge in [-0.25, -0.2) is 0 Å². The van der Waals surface area contributed by atoms with Crippen LogP contribution in [-0.2, 0) is 38.7 Å². The summed E-state index contributed by atoms with van der Waals surface area (Å²) in [6.45, 7) is 16.1. The van der Waals surface area contributed by atoms with Gasteiger partial charge in [-0.3, -0.25) is 0 Å². The summed E-state index contributed by atoms with van der Waals surface area (Å²) < 4.78 is 20.8. The third kappa shape index (κ3) is 6.60. The van der Waals surface area contributed by atoms with E-state index in [-0.39, 0.29) is 63.5 Å². The Kier molecular flexibility index (Phi) is 13.5. The van der Waals surface area contributed by atoms with Crippen molar-refractivity contribution in [1.82, 2.24) is 0 Å². The Bertz CT molecular complexity index is 255. The molecule has 2 radical (unpaired) electrons. The van der Waals surface area contributed by atoms with Gasteiger partial charge in [-0.05, 0) is 55.4 Å². The van der Waals surface area contributed by atoms with Gasteiger partial charge >= 0.3 is 35.5 Å². The summed E-state index contributed by atoms with van der Waals surface area (Å²) in [5.74, 6) is 0. The summed E-state index contributed by atoms with van der Waals surface area (Å²) >= 11 is 0. The van der Waals surface area contributed by atoms with E-state index >= 15 is 0 Å². The Hall–Kier alpha value is 0.579. The van der Waals surface area contributed by atoms with Crippen LogP contribution in [-0.4, -0.2) is 37.8 Å². The monoisotopic (exact) mass is 493 g/mol. The largest absolute Gasteiger partial charge is 3.00 e. The zero-order valence-corrected chi connectivity index (χ0v) is 18.1. The maximum atomic E-state index is 5.21. The van der Waals surface area contributed by atoms with E-state index in [0.717, 1.165) is 0 Å². The van der Waals surface area contributed by atoms with Crippen LogP contribution in [0, 0.1) is 14.9 Å². The summed E-state index contributed by atoms with van der Waals surface area (Å²) in [5.41, 5.74) is -0.750. The van der Waals surface area contributed by atoms with Crippen LogP contribution >= 0.6 is 0 Å². The average Bonchev–Trinajstić information content (AvgIpc) is 2.51. The van der Waals surface area contributed by atoms with Crippen molar-refractivity contribution >= 4 is 15.4 Å². The molecule has 2 N–H and O–H groups in total. The van der Waals surface area contributed by atoms with Crippen molar-refractivity contribution in [3.05, 3.63) is 21.0 Å². The molecule has 8 heteroatoms. The molecule has 0 bridgehead atoms. The van der Waals surface area contributed by atoms with E-state index in [1.54, 1.807) is 0 Å². The van der Waals surface area contributed by atoms with Gasteiger partial charge in [0.05, 0.1) is 22.4 Å². The van der Waals surface area contributed by atoms with Crippen LogP contribution in [0.2, 0.25) is 0 Å². The van der Waals surface area contributed by atoms with Crippen LogP contribution in [0.15, 0.2) is 0 Å². The molecule has 0 aromatic rings. The van der Waals surface area contributed by atoms with E-state index in [2.05, 4.69) is 0 Å². The molecular weight excluding hydrogens is 460 g/mol. The van der Waals surface area contributed by atoms with Gasteiger partial charge in [0.2, 0.25) is 0 Å². The van der Waals surface area contributed by atoms with Crippen LogP contribution in [0.1, 0.15) is 55.4 Å². The number of nitrogens with two attached hydrogens (primary N) is 1. The summed E-state index contributed by atoms with van der Waals surface area (Å²) in [7, 11) is 2.83. The number of hydrogen-bond acceptors (Lipinski definition) is 4. The molecule has 2 rings (SSSR count). The minimum absolute atomic E-state index is 0. The average molecular weight is 492 g/mol. The predicted octanol–water partition coefficient (Wildman–Crippen LogP) is 3.86. The van der Waals surface area contributed by atoms with Gasteiger partial charge in [-0.15, -0.1) is 0 Å². The van der Waals surface area contributed by atoms with Crippen molar-refractivity contribution in [1.29, 1.82) is 0 Å². The van der Waals surface area contributed by atoms with Crippen molar-refractivity contribution in [2.45, 2.75) is 77.8 Å². The third-order valence-electron chi connectivity index (χ3n) is 4.27. The first-order valence-corrected chi connectivity index (χ1v) is 6.26. The summed E-state index contributed by atoms with van der Waals surface area (Å²) in [4.78, 5) is 0. The Morgan fingerprint density at radius 3 is 0.682 bits per heavy atom. The molecule has 22 heavy (non-hydrogen) atoms. The SMILES string of the molecule is CC1(C)O[B]OC1(C)C.CC1(C)O[B]OC1(C)C.[CH3-].[CH3-].[Ir+3].[NH2-]. The Balaban J connectivity index is -0.000000125. The molecule has 2 fully saturated rings. The smallest absolute Gasteiger partial charge is 0.693 e. The van der Waals surface area contributed by atoms with E-state index < -0.39 is 0 Å². The molecule has 0 unspecified atom stereocenters. The fourth-order valence-corrected chi connectivity index (χ4v) is 1.10. The van der Waals surface area contributed by atoms with Crippen molar-refractivity contribution in [2.24, 2.45) is 0 Å². The van der Waals surface area contributed by atoms with Crippen LogP contribution in [0.3, 0.4) is 0 Å². The van der Waals surface area contributed by atoms with E-state index in [1.165, 1.54) is 15.4 Å². The molecule has 2 heterocycles. The van der Waals surface area contributed by atoms with Crippen LogP contribution in [0.4, 0.5) is 0 Å². The Labute approximate surface area is 153 Å². The first kappa shape index (κ1) is 30.5. The zero-order valence-electron chi connectivity index (χ0n) is 15.7. The fourth-order valence-electron chi connectivity index (χ4n) is 1.10. The molecule has 2 aliphatic rings. The Morgan fingerprint density at radius 1 is 0.500 bits per heavy atom. The molecule has 0 atom stereocenters. The van der Waals surface area contributed by atoms with Crippen LogP contribution in [0.5, 0.6) is 0 Å². The van der Waals surface area contributed by atoms with Crippen molar-refractivity contribution in [2.75, 3.05) is 0 Å². The molecule has 5 nitrogen and oxygen atoms in total. The summed E-state index contributed by atoms with van der Waals surface area (Å²) in [6.07, 6.45) is 0. The minimum Gasteiger partial charge on any atom is -0.693 e.